The summed E-state index contributed by atoms with van der Waals surface area (Å²) < 4.78 is 45.9. The number of hydrogen-bond donors (Lipinski definition) is 0. The summed E-state index contributed by atoms with van der Waals surface area (Å²) in [5.74, 6) is 0.738. The Morgan fingerprint density at radius 2 is 1.80 bits per heavy atom. The highest BCUT2D eigenvalue weighted by Gasteiger charge is 2.33. The van der Waals surface area contributed by atoms with Crippen molar-refractivity contribution in [1.29, 1.82) is 0 Å². The van der Waals surface area contributed by atoms with Gasteiger partial charge in [0.25, 0.3) is 0 Å². The third-order valence-electron chi connectivity index (χ3n) is 5.46. The average Bonchev–Trinajstić information content (AvgIpc) is 3.24. The largest absolute Gasteiger partial charge is 0.339 e. The van der Waals surface area contributed by atoms with Gasteiger partial charge in [0.15, 0.2) is 0 Å². The Morgan fingerprint density at radius 1 is 1.10 bits per heavy atom. The highest BCUT2D eigenvalue weighted by Crippen LogP contribution is 2.31. The highest BCUT2D eigenvalue weighted by molar-refractivity contribution is 7.89. The van der Waals surface area contributed by atoms with Gasteiger partial charge in [0.05, 0.1) is 10.8 Å². The Labute approximate surface area is 175 Å². The second-order valence-corrected chi connectivity index (χ2v) is 9.83. The molecule has 2 heterocycles. The van der Waals surface area contributed by atoms with E-state index < -0.39 is 15.8 Å². The Kier molecular flexibility index (Phi) is 5.71. The second kappa shape index (κ2) is 8.28. The van der Waals surface area contributed by atoms with Crippen molar-refractivity contribution >= 4 is 10.0 Å². The van der Waals surface area contributed by atoms with Crippen LogP contribution in [0, 0.1) is 5.82 Å². The lowest BCUT2D eigenvalue weighted by Gasteiger charge is -2.30. The molecule has 3 aromatic rings. The van der Waals surface area contributed by atoms with E-state index in [-0.39, 0.29) is 17.4 Å². The molecule has 1 aromatic heterocycles. The zero-order valence-corrected chi connectivity index (χ0v) is 17.8. The van der Waals surface area contributed by atoms with Crippen LogP contribution in [0.15, 0.2) is 57.9 Å². The van der Waals surface area contributed by atoms with Crippen LogP contribution in [-0.2, 0) is 10.0 Å². The molecule has 6 nitrogen and oxygen atoms in total. The molecular weight excluding hydrogens is 405 g/mol. The summed E-state index contributed by atoms with van der Waals surface area (Å²) >= 11 is 0. The van der Waals surface area contributed by atoms with E-state index in [2.05, 4.69) is 24.0 Å². The topological polar surface area (TPSA) is 76.3 Å². The number of hydrogen-bond acceptors (Lipinski definition) is 5. The van der Waals surface area contributed by atoms with E-state index >= 15 is 0 Å². The third kappa shape index (κ3) is 4.15. The lowest BCUT2D eigenvalue weighted by atomic mass is 9.99. The SMILES string of the molecule is CC(C)c1ccc(-c2noc([C@@H]3CCCN(S(=O)(=O)c4ccc(F)cc4)C3)n2)cc1. The number of piperidine rings is 1. The molecule has 158 valence electrons. The summed E-state index contributed by atoms with van der Waals surface area (Å²) in [5.41, 5.74) is 2.09. The van der Waals surface area contributed by atoms with Gasteiger partial charge in [-0.15, -0.1) is 0 Å². The lowest BCUT2D eigenvalue weighted by molar-refractivity contribution is 0.265. The molecule has 0 N–H and O–H groups in total. The number of aromatic nitrogens is 2. The summed E-state index contributed by atoms with van der Waals surface area (Å²) in [7, 11) is -3.70. The van der Waals surface area contributed by atoms with Crippen LogP contribution in [0.1, 0.15) is 50.0 Å². The van der Waals surface area contributed by atoms with Crippen LogP contribution in [0.4, 0.5) is 4.39 Å². The van der Waals surface area contributed by atoms with Crippen LogP contribution in [0.5, 0.6) is 0 Å². The number of sulfonamides is 1. The highest BCUT2D eigenvalue weighted by atomic mass is 32.2. The van der Waals surface area contributed by atoms with Crippen molar-refractivity contribution in [2.45, 2.75) is 43.4 Å². The molecule has 0 spiro atoms. The van der Waals surface area contributed by atoms with Gasteiger partial charge in [0, 0.05) is 18.7 Å². The van der Waals surface area contributed by atoms with Gasteiger partial charge in [-0.1, -0.05) is 43.3 Å². The zero-order valence-electron chi connectivity index (χ0n) is 17.0. The van der Waals surface area contributed by atoms with E-state index in [4.69, 9.17) is 4.52 Å². The van der Waals surface area contributed by atoms with Gasteiger partial charge in [-0.2, -0.15) is 9.29 Å². The monoisotopic (exact) mass is 429 g/mol. The van der Waals surface area contributed by atoms with E-state index in [9.17, 15) is 12.8 Å². The average molecular weight is 430 g/mol. The summed E-state index contributed by atoms with van der Waals surface area (Å²) in [5, 5.41) is 4.10. The molecule has 0 radical (unpaired) electrons. The first-order valence-corrected chi connectivity index (χ1v) is 11.5. The van der Waals surface area contributed by atoms with Crippen molar-refractivity contribution in [3.63, 3.8) is 0 Å². The van der Waals surface area contributed by atoms with Gasteiger partial charge >= 0.3 is 0 Å². The van der Waals surface area contributed by atoms with Crippen LogP contribution in [-0.4, -0.2) is 36.0 Å². The Hall–Kier alpha value is -2.58. The molecule has 1 aliphatic heterocycles. The molecular formula is C22H24FN3O3S. The molecule has 1 atom stereocenters. The normalized spacial score (nSPS) is 18.1. The molecule has 0 amide bonds. The molecule has 4 rings (SSSR count). The van der Waals surface area contributed by atoms with Crippen molar-refractivity contribution in [2.24, 2.45) is 0 Å². The van der Waals surface area contributed by atoms with E-state index in [0.717, 1.165) is 24.1 Å². The maximum atomic E-state index is 13.2. The van der Waals surface area contributed by atoms with Gasteiger partial charge in [0.2, 0.25) is 21.7 Å². The number of benzene rings is 2. The van der Waals surface area contributed by atoms with Crippen LogP contribution in [0.3, 0.4) is 0 Å². The molecule has 0 bridgehead atoms. The van der Waals surface area contributed by atoms with Crippen LogP contribution >= 0.6 is 0 Å². The first-order chi connectivity index (χ1) is 14.3. The summed E-state index contributed by atoms with van der Waals surface area (Å²) in [4.78, 5) is 4.61. The summed E-state index contributed by atoms with van der Waals surface area (Å²) in [6.07, 6.45) is 1.45. The van der Waals surface area contributed by atoms with E-state index in [0.29, 0.717) is 30.6 Å². The molecule has 8 heteroatoms. The fraction of sp³-hybridized carbons (Fsp3) is 0.364. The molecule has 1 aliphatic rings. The fourth-order valence-electron chi connectivity index (χ4n) is 3.65. The molecule has 2 aromatic carbocycles. The standard InChI is InChI=1S/C22H24FN3O3S/c1-15(2)16-5-7-17(8-6-16)21-24-22(29-25-21)18-4-3-13-26(14-18)30(27,28)20-11-9-19(23)10-12-20/h5-12,15,18H,3-4,13-14H2,1-2H3/t18-/m1/s1. The summed E-state index contributed by atoms with van der Waals surface area (Å²) in [6.45, 7) is 4.94. The molecule has 0 aliphatic carbocycles. The summed E-state index contributed by atoms with van der Waals surface area (Å²) in [6, 6.07) is 12.9. The Morgan fingerprint density at radius 3 is 2.47 bits per heavy atom. The quantitative estimate of drug-likeness (QED) is 0.594. The minimum absolute atomic E-state index is 0.0843. The van der Waals surface area contributed by atoms with Gasteiger partial charge in [-0.25, -0.2) is 12.8 Å². The predicted molar refractivity (Wildman–Crippen MR) is 111 cm³/mol. The predicted octanol–water partition coefficient (Wildman–Crippen LogP) is 4.57. The Balaban J connectivity index is 1.52. The molecule has 0 saturated carbocycles. The van der Waals surface area contributed by atoms with Crippen molar-refractivity contribution in [3.05, 3.63) is 65.8 Å². The fourth-order valence-corrected chi connectivity index (χ4v) is 5.18. The second-order valence-electron chi connectivity index (χ2n) is 7.89. The van der Waals surface area contributed by atoms with Crippen molar-refractivity contribution < 1.29 is 17.3 Å². The van der Waals surface area contributed by atoms with Crippen LogP contribution in [0.25, 0.3) is 11.4 Å². The number of halogens is 1. The number of rotatable bonds is 5. The minimum Gasteiger partial charge on any atom is -0.339 e. The van der Waals surface area contributed by atoms with E-state index in [1.54, 1.807) is 0 Å². The number of nitrogens with zero attached hydrogens (tertiary/aromatic N) is 3. The molecule has 1 fully saturated rings. The molecule has 30 heavy (non-hydrogen) atoms. The molecule has 1 saturated heterocycles. The van der Waals surface area contributed by atoms with Crippen molar-refractivity contribution in [2.75, 3.05) is 13.1 Å². The van der Waals surface area contributed by atoms with Crippen molar-refractivity contribution in [3.8, 4) is 11.4 Å². The van der Waals surface area contributed by atoms with Gasteiger partial charge in [-0.3, -0.25) is 0 Å². The maximum absolute atomic E-state index is 13.2. The van der Waals surface area contributed by atoms with Crippen LogP contribution < -0.4 is 0 Å². The maximum Gasteiger partial charge on any atom is 0.243 e. The van der Waals surface area contributed by atoms with Gasteiger partial charge < -0.3 is 4.52 Å². The minimum atomic E-state index is -3.70. The zero-order chi connectivity index (χ0) is 21.3. The lowest BCUT2D eigenvalue weighted by Crippen LogP contribution is -2.39. The Bertz CT molecular complexity index is 1110. The molecule has 0 unspecified atom stereocenters. The van der Waals surface area contributed by atoms with Crippen molar-refractivity contribution in [1.82, 2.24) is 14.4 Å². The van der Waals surface area contributed by atoms with Gasteiger partial charge in [-0.05, 0) is 48.6 Å². The smallest absolute Gasteiger partial charge is 0.243 e. The third-order valence-corrected chi connectivity index (χ3v) is 7.34. The van der Waals surface area contributed by atoms with E-state index in [1.807, 2.05) is 24.3 Å². The van der Waals surface area contributed by atoms with E-state index in [1.165, 1.54) is 22.0 Å². The first kappa shape index (κ1) is 20.7. The van der Waals surface area contributed by atoms with Gasteiger partial charge in [0.1, 0.15) is 5.82 Å². The van der Waals surface area contributed by atoms with Crippen LogP contribution in [0.2, 0.25) is 0 Å². The first-order valence-electron chi connectivity index (χ1n) is 10.0.